The van der Waals surface area contributed by atoms with E-state index in [0.29, 0.717) is 40.4 Å². The van der Waals surface area contributed by atoms with E-state index in [1.165, 1.54) is 11.1 Å². The molecular weight excluding hydrogens is 504 g/mol. The van der Waals surface area contributed by atoms with E-state index in [0.717, 1.165) is 16.7 Å². The highest BCUT2D eigenvalue weighted by Crippen LogP contribution is 2.38. The second-order valence-corrected chi connectivity index (χ2v) is 9.27. The molecule has 1 amide bonds. The van der Waals surface area contributed by atoms with E-state index in [1.807, 2.05) is 51.1 Å². The zero-order chi connectivity index (χ0) is 25.5. The summed E-state index contributed by atoms with van der Waals surface area (Å²) in [7, 11) is 0. The zero-order valence-corrected chi connectivity index (χ0v) is 22.2. The minimum absolute atomic E-state index is 0.0110. The van der Waals surface area contributed by atoms with E-state index in [4.69, 9.17) is 9.47 Å². The highest BCUT2D eigenvalue weighted by Gasteiger charge is 2.15. The van der Waals surface area contributed by atoms with Crippen molar-refractivity contribution >= 4 is 33.6 Å². The van der Waals surface area contributed by atoms with Gasteiger partial charge in [-0.1, -0.05) is 35.9 Å². The number of ether oxygens (including phenoxy) is 2. The van der Waals surface area contributed by atoms with Gasteiger partial charge in [0.05, 0.1) is 11.1 Å². The van der Waals surface area contributed by atoms with Crippen molar-refractivity contribution in [2.75, 3.05) is 11.9 Å². The molecule has 5 nitrogen and oxygen atoms in total. The fourth-order valence-electron chi connectivity index (χ4n) is 3.58. The van der Waals surface area contributed by atoms with E-state index in [2.05, 4.69) is 47.2 Å². The number of anilines is 1. The third-order valence-corrected chi connectivity index (χ3v) is 6.18. The first-order chi connectivity index (χ1) is 16.7. The lowest BCUT2D eigenvalue weighted by atomic mass is 10.1. The second kappa shape index (κ2) is 11.7. The van der Waals surface area contributed by atoms with Crippen molar-refractivity contribution < 1.29 is 14.3 Å². The Morgan fingerprint density at radius 1 is 1.00 bits per heavy atom. The average molecular weight is 533 g/mol. The van der Waals surface area contributed by atoms with Gasteiger partial charge >= 0.3 is 0 Å². The predicted molar refractivity (Wildman–Crippen MR) is 144 cm³/mol. The molecule has 0 aliphatic heterocycles. The summed E-state index contributed by atoms with van der Waals surface area (Å²) in [5, 5.41) is 12.5. The van der Waals surface area contributed by atoms with Crippen molar-refractivity contribution in [3.8, 4) is 17.6 Å². The zero-order valence-electron chi connectivity index (χ0n) is 20.7. The lowest BCUT2D eigenvalue weighted by molar-refractivity contribution is -0.112. The molecule has 35 heavy (non-hydrogen) atoms. The molecule has 3 aromatic rings. The molecule has 0 saturated heterocycles. The summed E-state index contributed by atoms with van der Waals surface area (Å²) in [6.07, 6.45) is 1.54. The van der Waals surface area contributed by atoms with Gasteiger partial charge < -0.3 is 14.8 Å². The van der Waals surface area contributed by atoms with Crippen LogP contribution in [0, 0.1) is 39.0 Å². The maximum Gasteiger partial charge on any atom is 0.266 e. The SMILES string of the molecule is CCOc1cc(/C=C(\C#N)C(=O)Nc2ccc(C)cc2C)cc(Br)c1OCc1ccc(C)c(C)c1. The van der Waals surface area contributed by atoms with Gasteiger partial charge in [-0.3, -0.25) is 4.79 Å². The van der Waals surface area contributed by atoms with E-state index in [-0.39, 0.29) is 5.57 Å². The Balaban J connectivity index is 1.85. The minimum atomic E-state index is -0.469. The van der Waals surface area contributed by atoms with Crippen molar-refractivity contribution in [1.82, 2.24) is 0 Å². The molecule has 0 aliphatic carbocycles. The van der Waals surface area contributed by atoms with Gasteiger partial charge in [0.25, 0.3) is 5.91 Å². The molecule has 0 aromatic heterocycles. The number of hydrogen-bond acceptors (Lipinski definition) is 4. The summed E-state index contributed by atoms with van der Waals surface area (Å²) in [5.74, 6) is 0.633. The smallest absolute Gasteiger partial charge is 0.266 e. The van der Waals surface area contributed by atoms with Crippen molar-refractivity contribution in [1.29, 1.82) is 5.26 Å². The van der Waals surface area contributed by atoms with Gasteiger partial charge in [-0.25, -0.2) is 0 Å². The molecule has 0 unspecified atom stereocenters. The average Bonchev–Trinajstić information content (AvgIpc) is 2.81. The number of nitrogens with one attached hydrogen (secondary N) is 1. The van der Waals surface area contributed by atoms with Crippen LogP contribution < -0.4 is 14.8 Å². The van der Waals surface area contributed by atoms with Gasteiger partial charge in [0, 0.05) is 5.69 Å². The summed E-state index contributed by atoms with van der Waals surface area (Å²) in [5.41, 5.74) is 6.84. The Morgan fingerprint density at radius 3 is 2.43 bits per heavy atom. The Morgan fingerprint density at radius 2 is 1.77 bits per heavy atom. The number of carbonyl (C=O) groups excluding carboxylic acids is 1. The number of rotatable bonds is 8. The first-order valence-electron chi connectivity index (χ1n) is 11.4. The van der Waals surface area contributed by atoms with E-state index < -0.39 is 5.91 Å². The van der Waals surface area contributed by atoms with Gasteiger partial charge in [-0.2, -0.15) is 5.26 Å². The van der Waals surface area contributed by atoms with Crippen LogP contribution in [0.2, 0.25) is 0 Å². The molecule has 3 aromatic carbocycles. The number of hydrogen-bond donors (Lipinski definition) is 1. The van der Waals surface area contributed by atoms with Crippen LogP contribution in [0.25, 0.3) is 6.08 Å². The van der Waals surface area contributed by atoms with Crippen LogP contribution in [-0.2, 0) is 11.4 Å². The molecule has 3 rings (SSSR count). The lowest BCUT2D eigenvalue weighted by Crippen LogP contribution is -2.14. The maximum atomic E-state index is 12.8. The molecule has 0 atom stereocenters. The number of nitriles is 1. The number of benzene rings is 3. The normalized spacial score (nSPS) is 11.1. The van der Waals surface area contributed by atoms with Gasteiger partial charge in [0.15, 0.2) is 11.5 Å². The lowest BCUT2D eigenvalue weighted by Gasteiger charge is -2.15. The molecule has 0 spiro atoms. The first kappa shape index (κ1) is 26.1. The van der Waals surface area contributed by atoms with E-state index >= 15 is 0 Å². The third-order valence-electron chi connectivity index (χ3n) is 5.59. The predicted octanol–water partition coefficient (Wildman–Crippen LogP) is 7.21. The molecular formula is C29H29BrN2O3. The quantitative estimate of drug-likeness (QED) is 0.245. The van der Waals surface area contributed by atoms with Crippen LogP contribution in [-0.4, -0.2) is 12.5 Å². The van der Waals surface area contributed by atoms with Crippen LogP contribution in [0.5, 0.6) is 11.5 Å². The molecule has 0 bridgehead atoms. The molecule has 6 heteroatoms. The molecule has 0 aliphatic rings. The van der Waals surface area contributed by atoms with Crippen LogP contribution >= 0.6 is 15.9 Å². The molecule has 0 saturated carbocycles. The molecule has 1 N–H and O–H groups in total. The van der Waals surface area contributed by atoms with Gasteiger partial charge in [-0.15, -0.1) is 0 Å². The Kier molecular flexibility index (Phi) is 8.73. The van der Waals surface area contributed by atoms with Crippen molar-refractivity contribution in [2.24, 2.45) is 0 Å². The number of amides is 1. The molecule has 0 heterocycles. The summed E-state index contributed by atoms with van der Waals surface area (Å²) in [4.78, 5) is 12.8. The highest BCUT2D eigenvalue weighted by molar-refractivity contribution is 9.10. The monoisotopic (exact) mass is 532 g/mol. The Labute approximate surface area is 215 Å². The van der Waals surface area contributed by atoms with Gasteiger partial charge in [0.2, 0.25) is 0 Å². The largest absolute Gasteiger partial charge is 0.490 e. The Hall–Kier alpha value is -3.56. The number of carbonyl (C=O) groups is 1. The van der Waals surface area contributed by atoms with Crippen LogP contribution in [0.1, 0.15) is 40.3 Å². The molecule has 0 radical (unpaired) electrons. The van der Waals surface area contributed by atoms with Crippen LogP contribution in [0.4, 0.5) is 5.69 Å². The van der Waals surface area contributed by atoms with E-state index in [1.54, 1.807) is 18.2 Å². The second-order valence-electron chi connectivity index (χ2n) is 8.41. The van der Waals surface area contributed by atoms with Crippen molar-refractivity contribution in [2.45, 2.75) is 41.2 Å². The summed E-state index contributed by atoms with van der Waals surface area (Å²) in [6.45, 7) is 10.8. The third kappa shape index (κ3) is 6.74. The van der Waals surface area contributed by atoms with Gasteiger partial charge in [0.1, 0.15) is 18.2 Å². The van der Waals surface area contributed by atoms with Crippen LogP contribution in [0.15, 0.2) is 58.6 Å². The number of aryl methyl sites for hydroxylation is 4. The number of nitrogens with zero attached hydrogens (tertiary/aromatic N) is 1. The van der Waals surface area contributed by atoms with Crippen molar-refractivity contribution in [3.05, 3.63) is 92.0 Å². The van der Waals surface area contributed by atoms with Gasteiger partial charge in [-0.05, 0) is 103 Å². The minimum Gasteiger partial charge on any atom is -0.490 e. The molecule has 0 fully saturated rings. The Bertz CT molecular complexity index is 1320. The highest BCUT2D eigenvalue weighted by atomic mass is 79.9. The summed E-state index contributed by atoms with van der Waals surface area (Å²) >= 11 is 3.57. The fourth-order valence-corrected chi connectivity index (χ4v) is 4.16. The maximum absolute atomic E-state index is 12.8. The van der Waals surface area contributed by atoms with Crippen LogP contribution in [0.3, 0.4) is 0 Å². The number of halogens is 1. The summed E-state index contributed by atoms with van der Waals surface area (Å²) < 4.78 is 12.6. The molecule has 180 valence electrons. The summed E-state index contributed by atoms with van der Waals surface area (Å²) in [6, 6.07) is 17.5. The topological polar surface area (TPSA) is 71.3 Å². The fraction of sp³-hybridized carbons (Fsp3) is 0.241. The first-order valence-corrected chi connectivity index (χ1v) is 12.2. The van der Waals surface area contributed by atoms with Crippen molar-refractivity contribution in [3.63, 3.8) is 0 Å². The van der Waals surface area contributed by atoms with E-state index in [9.17, 15) is 10.1 Å². The standard InChI is InChI=1S/C29H29BrN2O3/c1-6-34-27-15-23(13-24(16-31)29(33)32-26-10-7-18(2)11-21(26)5)14-25(30)28(27)35-17-22-9-8-19(3)20(4)12-22/h7-15H,6,17H2,1-5H3,(H,32,33)/b24-13+.